The molecule has 28 heavy (non-hydrogen) atoms. The third-order valence-electron chi connectivity index (χ3n) is 4.05. The van der Waals surface area contributed by atoms with Crippen molar-refractivity contribution in [1.29, 1.82) is 0 Å². The first-order chi connectivity index (χ1) is 13.6. The van der Waals surface area contributed by atoms with Crippen molar-refractivity contribution in [1.82, 2.24) is 20.1 Å². The summed E-state index contributed by atoms with van der Waals surface area (Å²) in [5.74, 6) is 2.14. The lowest BCUT2D eigenvalue weighted by molar-refractivity contribution is 0.0937. The van der Waals surface area contributed by atoms with Crippen LogP contribution in [-0.4, -0.2) is 33.0 Å². The molecule has 2 aromatic carbocycles. The number of rotatable bonds is 8. The van der Waals surface area contributed by atoms with Gasteiger partial charge in [-0.25, -0.2) is 0 Å². The van der Waals surface area contributed by atoms with Gasteiger partial charge in [0.25, 0.3) is 5.91 Å². The largest absolute Gasteiger partial charge is 0.493 e. The van der Waals surface area contributed by atoms with Crippen LogP contribution in [0.4, 0.5) is 0 Å². The van der Waals surface area contributed by atoms with E-state index in [2.05, 4.69) is 31.4 Å². The number of nitrogens with one attached hydrogen (secondary N) is 1. The summed E-state index contributed by atoms with van der Waals surface area (Å²) >= 11 is 4.97. The van der Waals surface area contributed by atoms with Gasteiger partial charge in [-0.2, -0.15) is 0 Å². The predicted octanol–water partition coefficient (Wildman–Crippen LogP) is 4.24. The Morgan fingerprint density at radius 2 is 1.89 bits per heavy atom. The fraction of sp³-hybridized carbons (Fsp3) is 0.250. The number of carbonyl (C=O) groups is 1. The molecule has 0 aliphatic rings. The Morgan fingerprint density at radius 3 is 2.64 bits per heavy atom. The van der Waals surface area contributed by atoms with E-state index in [1.54, 1.807) is 17.8 Å². The molecule has 6 nitrogen and oxygen atoms in total. The second kappa shape index (κ2) is 9.75. The van der Waals surface area contributed by atoms with Gasteiger partial charge < -0.3 is 14.6 Å². The van der Waals surface area contributed by atoms with Crippen LogP contribution < -0.4 is 10.1 Å². The van der Waals surface area contributed by atoms with Crippen LogP contribution >= 0.6 is 27.7 Å². The molecular weight excluding hydrogens is 440 g/mol. The molecule has 1 unspecified atom stereocenters. The van der Waals surface area contributed by atoms with E-state index >= 15 is 0 Å². The van der Waals surface area contributed by atoms with Gasteiger partial charge in [0.2, 0.25) is 0 Å². The minimum absolute atomic E-state index is 0.159. The Labute approximate surface area is 176 Å². The lowest BCUT2D eigenvalue weighted by Gasteiger charge is -2.14. The number of hydrogen-bond acceptors (Lipinski definition) is 5. The molecule has 0 aliphatic heterocycles. The number of thioether (sulfide) groups is 1. The second-order valence-electron chi connectivity index (χ2n) is 6.08. The summed E-state index contributed by atoms with van der Waals surface area (Å²) in [6, 6.07) is 16.8. The van der Waals surface area contributed by atoms with Crippen LogP contribution in [0.25, 0.3) is 0 Å². The minimum atomic E-state index is -0.271. The molecule has 1 aromatic heterocycles. The van der Waals surface area contributed by atoms with Crippen LogP contribution in [0.2, 0.25) is 0 Å². The van der Waals surface area contributed by atoms with Gasteiger partial charge in [-0.15, -0.1) is 10.2 Å². The highest BCUT2D eigenvalue weighted by Gasteiger charge is 2.19. The maximum absolute atomic E-state index is 12.5. The predicted molar refractivity (Wildman–Crippen MR) is 114 cm³/mol. The van der Waals surface area contributed by atoms with Crippen LogP contribution in [-0.2, 0) is 7.05 Å². The van der Waals surface area contributed by atoms with Gasteiger partial charge >= 0.3 is 0 Å². The smallest absolute Gasteiger partial charge is 0.253 e. The average molecular weight is 461 g/mol. The Hall–Kier alpha value is -2.32. The van der Waals surface area contributed by atoms with Gasteiger partial charge in [0.05, 0.1) is 18.2 Å². The van der Waals surface area contributed by atoms with Crippen molar-refractivity contribution in [3.05, 3.63) is 70.5 Å². The normalized spacial score (nSPS) is 11.8. The van der Waals surface area contributed by atoms with E-state index in [1.807, 2.05) is 67.1 Å². The van der Waals surface area contributed by atoms with E-state index in [-0.39, 0.29) is 11.9 Å². The summed E-state index contributed by atoms with van der Waals surface area (Å²) < 4.78 is 8.35. The summed E-state index contributed by atoms with van der Waals surface area (Å²) in [5.41, 5.74) is 0.587. The summed E-state index contributed by atoms with van der Waals surface area (Å²) in [6.07, 6.45) is 0. The number of nitrogens with zero attached hydrogens (tertiary/aromatic N) is 3. The van der Waals surface area contributed by atoms with Crippen LogP contribution in [0, 0.1) is 0 Å². The lowest BCUT2D eigenvalue weighted by Crippen LogP contribution is -2.28. The molecule has 0 radical (unpaired) electrons. The zero-order chi connectivity index (χ0) is 19.9. The van der Waals surface area contributed by atoms with Gasteiger partial charge in [0, 0.05) is 17.3 Å². The third kappa shape index (κ3) is 5.14. The third-order valence-corrected chi connectivity index (χ3v) is 5.72. The standard InChI is InChI=1S/C20H21BrN4O2S/c1-14(22-19(26)16-10-6-7-11-17(16)21)18-23-24-20(25(18)2)28-13-12-27-15-8-4-3-5-9-15/h3-11,14H,12-13H2,1-2H3,(H,22,26). The zero-order valence-corrected chi connectivity index (χ0v) is 18.0. The molecular formula is C20H21BrN4O2S. The van der Waals surface area contributed by atoms with Crippen LogP contribution in [0.5, 0.6) is 5.75 Å². The van der Waals surface area contributed by atoms with E-state index < -0.39 is 0 Å². The Balaban J connectivity index is 1.54. The number of amides is 1. The molecule has 1 amide bonds. The molecule has 0 bridgehead atoms. The molecule has 1 atom stereocenters. The van der Waals surface area contributed by atoms with Crippen molar-refractivity contribution in [2.75, 3.05) is 12.4 Å². The maximum atomic E-state index is 12.5. The molecule has 0 fully saturated rings. The number of aromatic nitrogens is 3. The van der Waals surface area contributed by atoms with Crippen molar-refractivity contribution in [3.8, 4) is 5.75 Å². The van der Waals surface area contributed by atoms with Crippen molar-refractivity contribution in [2.45, 2.75) is 18.1 Å². The highest BCUT2D eigenvalue weighted by molar-refractivity contribution is 9.10. The molecule has 0 saturated carbocycles. The number of hydrogen-bond donors (Lipinski definition) is 1. The summed E-state index contributed by atoms with van der Waals surface area (Å²) in [7, 11) is 1.90. The zero-order valence-electron chi connectivity index (χ0n) is 15.6. The van der Waals surface area contributed by atoms with Crippen LogP contribution in [0.15, 0.2) is 64.2 Å². The average Bonchev–Trinajstić information content (AvgIpc) is 3.07. The number of halogens is 1. The van der Waals surface area contributed by atoms with Crippen molar-refractivity contribution >= 4 is 33.6 Å². The molecule has 0 saturated heterocycles. The van der Waals surface area contributed by atoms with E-state index in [4.69, 9.17) is 4.74 Å². The highest BCUT2D eigenvalue weighted by Crippen LogP contribution is 2.21. The number of para-hydroxylation sites is 1. The second-order valence-corrected chi connectivity index (χ2v) is 8.00. The molecule has 3 aromatic rings. The first kappa shape index (κ1) is 20.4. The monoisotopic (exact) mass is 460 g/mol. The summed E-state index contributed by atoms with van der Waals surface area (Å²) in [6.45, 7) is 2.47. The molecule has 1 N–H and O–H groups in total. The first-order valence-corrected chi connectivity index (χ1v) is 10.6. The van der Waals surface area contributed by atoms with E-state index in [0.29, 0.717) is 18.0 Å². The quantitative estimate of drug-likeness (QED) is 0.402. The summed E-state index contributed by atoms with van der Waals surface area (Å²) in [4.78, 5) is 12.5. The molecule has 3 rings (SSSR count). The van der Waals surface area contributed by atoms with Crippen molar-refractivity contribution < 1.29 is 9.53 Å². The lowest BCUT2D eigenvalue weighted by atomic mass is 10.2. The maximum Gasteiger partial charge on any atom is 0.253 e. The van der Waals surface area contributed by atoms with Gasteiger partial charge in [0.1, 0.15) is 5.75 Å². The molecule has 146 valence electrons. The number of ether oxygens (including phenoxy) is 1. The van der Waals surface area contributed by atoms with E-state index in [0.717, 1.165) is 21.1 Å². The van der Waals surface area contributed by atoms with Crippen LogP contribution in [0.1, 0.15) is 29.1 Å². The van der Waals surface area contributed by atoms with E-state index in [1.165, 1.54) is 0 Å². The molecule has 0 spiro atoms. The fourth-order valence-corrected chi connectivity index (χ4v) is 3.82. The Morgan fingerprint density at radius 1 is 1.18 bits per heavy atom. The van der Waals surface area contributed by atoms with E-state index in [9.17, 15) is 4.79 Å². The SMILES string of the molecule is CC(NC(=O)c1ccccc1Br)c1nnc(SCCOc2ccccc2)n1C. The molecule has 1 heterocycles. The van der Waals surface area contributed by atoms with Gasteiger partial charge in [0.15, 0.2) is 11.0 Å². The van der Waals surface area contributed by atoms with Crippen molar-refractivity contribution in [2.24, 2.45) is 7.05 Å². The topological polar surface area (TPSA) is 69.0 Å². The van der Waals surface area contributed by atoms with Gasteiger partial charge in [-0.1, -0.05) is 42.1 Å². The molecule has 0 aliphatic carbocycles. The van der Waals surface area contributed by atoms with Crippen LogP contribution in [0.3, 0.4) is 0 Å². The van der Waals surface area contributed by atoms with Gasteiger partial charge in [-0.3, -0.25) is 4.79 Å². The van der Waals surface area contributed by atoms with Gasteiger partial charge in [-0.05, 0) is 47.1 Å². The minimum Gasteiger partial charge on any atom is -0.493 e. The summed E-state index contributed by atoms with van der Waals surface area (Å²) in [5, 5.41) is 12.2. The molecule has 8 heteroatoms. The number of benzene rings is 2. The Kier molecular flexibility index (Phi) is 7.11. The Bertz CT molecular complexity index is 933. The van der Waals surface area contributed by atoms with Crippen molar-refractivity contribution in [3.63, 3.8) is 0 Å². The highest BCUT2D eigenvalue weighted by atomic mass is 79.9. The first-order valence-electron chi connectivity index (χ1n) is 8.81. The number of carbonyl (C=O) groups excluding carboxylic acids is 1. The fourth-order valence-electron chi connectivity index (χ4n) is 2.62.